The van der Waals surface area contributed by atoms with Crippen LogP contribution in [0.5, 0.6) is 0 Å². The Bertz CT molecular complexity index is 475. The van der Waals surface area contributed by atoms with Crippen LogP contribution in [0.25, 0.3) is 0 Å². The van der Waals surface area contributed by atoms with Crippen molar-refractivity contribution in [1.29, 1.82) is 0 Å². The summed E-state index contributed by atoms with van der Waals surface area (Å²) in [7, 11) is 0. The number of nitrogens with zero attached hydrogens (tertiary/aromatic N) is 1. The van der Waals surface area contributed by atoms with E-state index in [1.807, 2.05) is 0 Å². The normalized spacial score (nSPS) is 24.4. The molecule has 162 valence electrons. The smallest absolute Gasteiger partial charge is 0.410 e. The van der Waals surface area contributed by atoms with Gasteiger partial charge in [-0.2, -0.15) is 0 Å². The molecule has 0 aromatic heterocycles. The van der Waals surface area contributed by atoms with Gasteiger partial charge in [-0.05, 0) is 85.0 Å². The van der Waals surface area contributed by atoms with E-state index in [1.165, 1.54) is 69.1 Å². The zero-order chi connectivity index (χ0) is 20.6. The molecule has 0 radical (unpaired) electrons. The van der Waals surface area contributed by atoms with Crippen molar-refractivity contribution in [1.82, 2.24) is 4.90 Å². The summed E-state index contributed by atoms with van der Waals surface area (Å²) < 4.78 is 5.10. The number of carbonyl (C=O) groups is 2. The predicted octanol–water partition coefficient (Wildman–Crippen LogP) is 2.35. The van der Waals surface area contributed by atoms with Crippen LogP contribution >= 0.6 is 0 Å². The lowest BCUT2D eigenvalue weighted by atomic mass is 9.91. The van der Waals surface area contributed by atoms with Gasteiger partial charge in [0.25, 0.3) is 0 Å². The van der Waals surface area contributed by atoms with Crippen molar-refractivity contribution in [3.05, 3.63) is 0 Å². The summed E-state index contributed by atoms with van der Waals surface area (Å²) in [6, 6.07) is 1.16. The number of likely N-dealkylation sites (tertiary alicyclic amines) is 1. The number of amides is 1. The van der Waals surface area contributed by atoms with E-state index in [4.69, 9.17) is 4.74 Å². The van der Waals surface area contributed by atoms with Crippen LogP contribution in [0.2, 0.25) is 0 Å². The Morgan fingerprint density at radius 3 is 1.79 bits per heavy atom. The molecule has 1 amide bonds. The highest BCUT2D eigenvalue weighted by Crippen LogP contribution is 2.20. The Balaban J connectivity index is 0.000000202. The van der Waals surface area contributed by atoms with Crippen molar-refractivity contribution in [2.75, 3.05) is 6.54 Å². The molecule has 6 heteroatoms. The number of hydrogen-bond acceptors (Lipinski definition) is 4. The van der Waals surface area contributed by atoms with Gasteiger partial charge >= 0.3 is 6.09 Å². The van der Waals surface area contributed by atoms with Crippen molar-refractivity contribution in [3.8, 4) is 0 Å². The average molecular weight is 397 g/mol. The van der Waals surface area contributed by atoms with E-state index in [0.29, 0.717) is 19.4 Å². The molecule has 1 saturated heterocycles. The fraction of sp³-hybridized carbons (Fsp3) is 0.909. The molecular weight excluding hydrogens is 356 g/mol. The highest BCUT2D eigenvalue weighted by atomic mass is 16.6. The SMILES string of the molecule is C1CCC([NH2+]C2CCCCC2)CC1.CC(C)(C)OC(=O)N1CCC[C@H]1C(=O)[O-]. The number of aliphatic carboxylic acids is 1. The number of carboxylic acids is 1. The first-order chi connectivity index (χ1) is 13.3. The molecule has 0 aromatic carbocycles. The van der Waals surface area contributed by atoms with Gasteiger partial charge in [0.05, 0.1) is 24.1 Å². The van der Waals surface area contributed by atoms with Crippen LogP contribution in [0.3, 0.4) is 0 Å². The van der Waals surface area contributed by atoms with E-state index in [9.17, 15) is 14.7 Å². The van der Waals surface area contributed by atoms with Crippen LogP contribution in [0.1, 0.15) is 97.8 Å². The number of rotatable bonds is 3. The first-order valence-corrected chi connectivity index (χ1v) is 11.3. The maximum Gasteiger partial charge on any atom is 0.410 e. The van der Waals surface area contributed by atoms with E-state index in [2.05, 4.69) is 5.32 Å². The average Bonchev–Trinajstić information content (AvgIpc) is 3.13. The minimum atomic E-state index is -1.21. The van der Waals surface area contributed by atoms with Gasteiger partial charge in [0.15, 0.2) is 0 Å². The molecule has 2 N–H and O–H groups in total. The Morgan fingerprint density at radius 1 is 0.857 bits per heavy atom. The van der Waals surface area contributed by atoms with Crippen LogP contribution in [-0.4, -0.2) is 47.2 Å². The molecule has 0 unspecified atom stereocenters. The molecular formula is C22H40N2O4. The Kier molecular flexibility index (Phi) is 9.06. The van der Waals surface area contributed by atoms with E-state index in [1.54, 1.807) is 20.8 Å². The summed E-state index contributed by atoms with van der Waals surface area (Å²) in [4.78, 5) is 23.5. The highest BCUT2D eigenvalue weighted by Gasteiger charge is 2.32. The van der Waals surface area contributed by atoms with Gasteiger partial charge < -0.3 is 20.0 Å². The predicted molar refractivity (Wildman–Crippen MR) is 107 cm³/mol. The standard InChI is InChI=1S/C12H23N.C10H17NO4/c1-3-7-11(8-4-1)13-12-9-5-2-6-10-12;1-10(2,3)15-9(14)11-6-4-5-7(11)8(12)13/h11-13H,1-10H2;7H,4-6H2,1-3H3,(H,12,13)/t;7-/m.0/s1. The lowest BCUT2D eigenvalue weighted by molar-refractivity contribution is -0.725. The summed E-state index contributed by atoms with van der Waals surface area (Å²) in [5.74, 6) is -1.21. The van der Waals surface area contributed by atoms with E-state index in [-0.39, 0.29) is 0 Å². The monoisotopic (exact) mass is 396 g/mol. The molecule has 1 atom stereocenters. The van der Waals surface area contributed by atoms with Gasteiger partial charge in [-0.15, -0.1) is 0 Å². The van der Waals surface area contributed by atoms with Gasteiger partial charge in [0.1, 0.15) is 5.60 Å². The third-order valence-corrected chi connectivity index (χ3v) is 6.00. The second kappa shape index (κ2) is 11.0. The molecule has 0 bridgehead atoms. The third kappa shape index (κ3) is 7.98. The maximum absolute atomic E-state index is 11.6. The summed E-state index contributed by atoms with van der Waals surface area (Å²) in [5, 5.41) is 13.4. The first-order valence-electron chi connectivity index (χ1n) is 11.3. The minimum absolute atomic E-state index is 0.424. The fourth-order valence-corrected chi connectivity index (χ4v) is 4.59. The third-order valence-electron chi connectivity index (χ3n) is 6.00. The number of hydrogen-bond donors (Lipinski definition) is 1. The van der Waals surface area contributed by atoms with Gasteiger partial charge in [-0.3, -0.25) is 4.90 Å². The minimum Gasteiger partial charge on any atom is -0.548 e. The Morgan fingerprint density at radius 2 is 1.36 bits per heavy atom. The number of carbonyl (C=O) groups excluding carboxylic acids is 2. The maximum atomic E-state index is 11.6. The van der Waals surface area contributed by atoms with Gasteiger partial charge in [0, 0.05) is 6.54 Å². The summed E-state index contributed by atoms with van der Waals surface area (Å²) in [6.07, 6.45) is 15.5. The van der Waals surface area contributed by atoms with Crippen LogP contribution in [0, 0.1) is 0 Å². The molecule has 0 aromatic rings. The molecule has 1 aliphatic heterocycles. The van der Waals surface area contributed by atoms with Gasteiger partial charge in [-0.25, -0.2) is 4.79 Å². The lowest BCUT2D eigenvalue weighted by Crippen LogP contribution is -2.95. The molecule has 2 aliphatic carbocycles. The molecule has 3 aliphatic rings. The van der Waals surface area contributed by atoms with Gasteiger partial charge in [0.2, 0.25) is 0 Å². The summed E-state index contributed by atoms with van der Waals surface area (Å²) in [5.41, 5.74) is -0.601. The van der Waals surface area contributed by atoms with E-state index < -0.39 is 23.7 Å². The number of ether oxygens (including phenoxy) is 1. The quantitative estimate of drug-likeness (QED) is 0.793. The Labute approximate surface area is 170 Å². The van der Waals surface area contributed by atoms with E-state index in [0.717, 1.165) is 12.1 Å². The molecule has 28 heavy (non-hydrogen) atoms. The molecule has 2 saturated carbocycles. The van der Waals surface area contributed by atoms with Crippen LogP contribution in [0.4, 0.5) is 4.79 Å². The lowest BCUT2D eigenvalue weighted by Gasteiger charge is -2.28. The highest BCUT2D eigenvalue weighted by molar-refractivity contribution is 5.79. The van der Waals surface area contributed by atoms with Crippen molar-refractivity contribution >= 4 is 12.1 Å². The fourth-order valence-electron chi connectivity index (χ4n) is 4.59. The molecule has 3 rings (SSSR count). The second-order valence-corrected chi connectivity index (χ2v) is 9.64. The molecule has 1 heterocycles. The second-order valence-electron chi connectivity index (χ2n) is 9.64. The molecule has 3 fully saturated rings. The molecule has 0 spiro atoms. The van der Waals surface area contributed by atoms with Crippen molar-refractivity contribution < 1.29 is 24.7 Å². The number of nitrogens with two attached hydrogens (primary N) is 1. The van der Waals surface area contributed by atoms with Crippen molar-refractivity contribution in [2.24, 2.45) is 0 Å². The summed E-state index contributed by atoms with van der Waals surface area (Å²) in [6.45, 7) is 5.66. The largest absolute Gasteiger partial charge is 0.548 e. The number of quaternary nitrogens is 1. The zero-order valence-electron chi connectivity index (χ0n) is 18.1. The van der Waals surface area contributed by atoms with Crippen molar-refractivity contribution in [2.45, 2.75) is 122 Å². The van der Waals surface area contributed by atoms with E-state index >= 15 is 0 Å². The van der Waals surface area contributed by atoms with Crippen LogP contribution in [0.15, 0.2) is 0 Å². The Hall–Kier alpha value is -1.30. The first kappa shape index (κ1) is 23.0. The topological polar surface area (TPSA) is 86.3 Å². The summed E-state index contributed by atoms with van der Waals surface area (Å²) >= 11 is 0. The number of carboxylic acid groups (broad SMARTS) is 1. The van der Waals surface area contributed by atoms with Crippen molar-refractivity contribution in [3.63, 3.8) is 0 Å². The van der Waals surface area contributed by atoms with Crippen LogP contribution < -0.4 is 10.4 Å². The van der Waals surface area contributed by atoms with Gasteiger partial charge in [-0.1, -0.05) is 12.8 Å². The molecule has 6 nitrogen and oxygen atoms in total. The zero-order valence-corrected chi connectivity index (χ0v) is 18.1. The van der Waals surface area contributed by atoms with Crippen LogP contribution in [-0.2, 0) is 9.53 Å².